The summed E-state index contributed by atoms with van der Waals surface area (Å²) in [5.74, 6) is 3.71. The summed E-state index contributed by atoms with van der Waals surface area (Å²) in [6.45, 7) is 13.0. The van der Waals surface area contributed by atoms with Crippen LogP contribution in [0.4, 0.5) is 43.8 Å². The Bertz CT molecular complexity index is 5390. The van der Waals surface area contributed by atoms with Gasteiger partial charge in [0.15, 0.2) is 15.4 Å². The van der Waals surface area contributed by atoms with E-state index in [1.165, 1.54) is 55.0 Å². The molecule has 0 spiro atoms. The number of fused-ring (bicyclic) bond motifs is 3. The third kappa shape index (κ3) is 20.0. The van der Waals surface area contributed by atoms with Crippen LogP contribution in [0.1, 0.15) is 29.2 Å². The summed E-state index contributed by atoms with van der Waals surface area (Å²) in [5, 5.41) is 9.67. The average Bonchev–Trinajstić information content (AvgIpc) is 0.982. The van der Waals surface area contributed by atoms with Crippen LogP contribution in [0.15, 0.2) is 278 Å². The average molecular weight is 1830 g/mol. The van der Waals surface area contributed by atoms with E-state index in [0.717, 1.165) is 55.2 Å². The van der Waals surface area contributed by atoms with Gasteiger partial charge in [0.25, 0.3) is 30.1 Å². The Morgan fingerprint density at radius 2 is 0.855 bits per heavy atom. The second-order valence-corrected chi connectivity index (χ2v) is 34.8. The Kier molecular flexibility index (Phi) is 28.5. The van der Waals surface area contributed by atoms with Crippen LogP contribution in [0.2, 0.25) is 0 Å². The third-order valence-corrected chi connectivity index (χ3v) is 27.7. The van der Waals surface area contributed by atoms with E-state index in [4.69, 9.17) is 28.4 Å². The largest absolute Gasteiger partial charge is 0.497 e. The van der Waals surface area contributed by atoms with Crippen LogP contribution >= 0.6 is 88.5 Å². The minimum Gasteiger partial charge on any atom is -0.497 e. The van der Waals surface area contributed by atoms with Crippen molar-refractivity contribution in [2.75, 3.05) is 88.8 Å². The molecule has 0 saturated heterocycles. The van der Waals surface area contributed by atoms with E-state index >= 15 is 0 Å². The monoisotopic (exact) mass is 1830 g/mol. The van der Waals surface area contributed by atoms with Crippen molar-refractivity contribution in [3.05, 3.63) is 289 Å². The summed E-state index contributed by atoms with van der Waals surface area (Å²) in [7, 11) is -6.90. The lowest BCUT2D eigenvalue weighted by molar-refractivity contribution is 0.313. The van der Waals surface area contributed by atoms with Crippen LogP contribution < -0.4 is 56.5 Å². The van der Waals surface area contributed by atoms with Crippen LogP contribution in [0, 0.1) is 3.57 Å². The van der Waals surface area contributed by atoms with Crippen LogP contribution in [-0.2, 0) is 49.7 Å². The first-order valence-electron chi connectivity index (χ1n) is 34.0. The summed E-state index contributed by atoms with van der Waals surface area (Å²) in [5.41, 5.74) is 7.87. The number of hydrogen-bond donors (Lipinski definition) is 1. The maximum Gasteiger partial charge on any atom is 0.266 e. The highest BCUT2D eigenvalue weighted by molar-refractivity contribution is 14.1. The topological polar surface area (TPSA) is 225 Å². The number of methoxy groups -OCH3 is 3. The van der Waals surface area contributed by atoms with E-state index in [0.29, 0.717) is 89.3 Å². The smallest absolute Gasteiger partial charge is 0.266 e. The fraction of sp³-hybridized carbons (Fsp3) is 0.163. The Morgan fingerprint density at radius 1 is 0.482 bits per heavy atom. The molecular formula is C80H76Br2IN9O12S6. The van der Waals surface area contributed by atoms with Gasteiger partial charge in [0.1, 0.15) is 54.3 Å². The van der Waals surface area contributed by atoms with Crippen LogP contribution in [0.25, 0.3) is 6.08 Å². The van der Waals surface area contributed by atoms with E-state index in [1.54, 1.807) is 129 Å². The molecule has 3 aliphatic rings. The van der Waals surface area contributed by atoms with Crippen molar-refractivity contribution in [1.29, 1.82) is 0 Å². The van der Waals surface area contributed by atoms with Crippen molar-refractivity contribution < 1.29 is 53.7 Å². The van der Waals surface area contributed by atoms with E-state index in [9.17, 15) is 25.3 Å². The number of thiazole rings is 3. The minimum absolute atomic E-state index is 0.136. The third-order valence-electron chi connectivity index (χ3n) is 16.7. The molecule has 6 heterocycles. The quantitative estimate of drug-likeness (QED) is 0.0521. The van der Waals surface area contributed by atoms with Gasteiger partial charge in [-0.05, 0) is 187 Å². The lowest BCUT2D eigenvalue weighted by atomic mass is 10.1. The number of aromatic nitrogens is 3. The highest BCUT2D eigenvalue weighted by Gasteiger charge is 2.34. The molecular weight excluding hydrogens is 1760 g/mol. The molecule has 21 nitrogen and oxygen atoms in total. The number of sulfonamides is 3. The molecule has 30 heteroatoms. The number of hydrogen-bond acceptors (Lipinski definition) is 21. The van der Waals surface area contributed by atoms with Crippen LogP contribution in [0.3, 0.4) is 0 Å². The summed E-state index contributed by atoms with van der Waals surface area (Å²) in [6, 6.07) is 60.9. The first-order valence-corrected chi connectivity index (χ1v) is 43.6. The number of nitrogens with one attached hydrogen (secondary N) is 1. The molecule has 0 atom stereocenters. The Hall–Kier alpha value is -9.51. The molecule has 110 heavy (non-hydrogen) atoms. The molecule has 0 aliphatic carbocycles. The molecule has 0 unspecified atom stereocenters. The molecule has 15 rings (SSSR count). The summed E-state index contributed by atoms with van der Waals surface area (Å²) in [4.78, 5) is 17.5. The van der Waals surface area contributed by atoms with Crippen molar-refractivity contribution in [3.8, 4) is 34.5 Å². The molecule has 9 aromatic carbocycles. The van der Waals surface area contributed by atoms with Crippen molar-refractivity contribution in [2.24, 2.45) is 0 Å². The summed E-state index contributed by atoms with van der Waals surface area (Å²) < 4.78 is 123. The van der Waals surface area contributed by atoms with Crippen LogP contribution in [-0.4, -0.2) is 101 Å². The fourth-order valence-electron chi connectivity index (χ4n) is 11.4. The molecule has 0 saturated carbocycles. The highest BCUT2D eigenvalue weighted by atomic mass is 127. The van der Waals surface area contributed by atoms with Gasteiger partial charge < -0.3 is 43.5 Å². The molecule has 3 aromatic heterocycles. The molecule has 0 radical (unpaired) electrons. The standard InChI is InChI=1S/C27H25N3O4S2.C25H22BrN3O4S2.C19H19N3O4S2.C6H4BrI.C3H6/c1-3-21-6-4-5-7-24(21)29-15-16-34-26-18-23(12-13-25(26)29)36(31,32)30(27-28-14-17-35-27)19-20-8-10-22(33-2)11-9-20;1-32-19-8-6-18(7-9-19)17-29(25-27-12-15-34-25)35(30,31)20-10-11-23-24(16-20)33-14-13-28(23)22-5-3-2-4-21(22)26;1-25-15-4-2-14(3-5-15)13-22(19-21-9-11-27-19)28(23,24)16-6-7-17-18(12-16)26-10-8-20-17;7-5-3-1-2-4-6(5)8;1-3-2/h3-14,17-18H,1,15-16,19H2,2H3;2-12,15-16H,13-14,17H2,1H3;2-7,9,11-12,20H,8,10,13H2,1H3;1-4H;3H,1H2,2H3. The Morgan fingerprint density at radius 3 is 1.24 bits per heavy atom. The SMILES string of the molecule is Brc1ccccc1I.C=CC.C=Cc1ccccc1N1CCOc2cc(S(=O)(=O)N(Cc3ccc(OC)cc3)c3nccs3)ccc21.COc1ccc(CN(c2nccs2)S(=O)(=O)c2ccc3c(c2)OCCN3)cc1.COc1ccc(CN(c2nccs2)S(=O)(=O)c2ccc3c(c2)OCCN3c2ccccc2Br)cc1. The molecule has 12 aromatic rings. The van der Waals surface area contributed by atoms with E-state index in [2.05, 4.69) is 104 Å². The van der Waals surface area contributed by atoms with Crippen molar-refractivity contribution in [3.63, 3.8) is 0 Å². The molecule has 570 valence electrons. The maximum atomic E-state index is 13.9. The van der Waals surface area contributed by atoms with E-state index in [1.807, 2.05) is 140 Å². The van der Waals surface area contributed by atoms with Gasteiger partial charge in [-0.25, -0.2) is 53.1 Å². The van der Waals surface area contributed by atoms with Gasteiger partial charge in [-0.15, -0.1) is 40.6 Å². The van der Waals surface area contributed by atoms with Crippen molar-refractivity contribution in [1.82, 2.24) is 15.0 Å². The molecule has 0 bridgehead atoms. The number of para-hydroxylation sites is 2. The molecule has 1 N–H and O–H groups in total. The number of rotatable bonds is 21. The second-order valence-electron chi connectivity index (χ2n) is 23.8. The Labute approximate surface area is 684 Å². The first kappa shape index (κ1) is 81.5. The predicted octanol–water partition coefficient (Wildman–Crippen LogP) is 19.2. The Balaban J connectivity index is 0.000000154. The van der Waals surface area contributed by atoms with Crippen molar-refractivity contribution >= 4 is 168 Å². The first-order chi connectivity index (χ1) is 53.3. The predicted molar refractivity (Wildman–Crippen MR) is 457 cm³/mol. The zero-order chi connectivity index (χ0) is 77.8. The number of benzene rings is 9. The summed E-state index contributed by atoms with van der Waals surface area (Å²) >= 11 is 13.1. The lowest BCUT2D eigenvalue weighted by Gasteiger charge is -2.33. The second kappa shape index (κ2) is 38.4. The van der Waals surface area contributed by atoms with Gasteiger partial charge in [0.2, 0.25) is 0 Å². The zero-order valence-electron chi connectivity index (χ0n) is 60.0. The fourth-order valence-corrected chi connectivity index (χ4v) is 19.4. The normalized spacial score (nSPS) is 12.6. The highest BCUT2D eigenvalue weighted by Crippen LogP contribution is 2.44. The van der Waals surface area contributed by atoms with Gasteiger partial charge in [0, 0.05) is 77.7 Å². The number of ether oxygens (including phenoxy) is 6. The zero-order valence-corrected chi connectivity index (χ0v) is 70.2. The molecule has 3 aliphatic heterocycles. The van der Waals surface area contributed by atoms with Gasteiger partial charge in [-0.3, -0.25) is 0 Å². The van der Waals surface area contributed by atoms with Gasteiger partial charge >= 0.3 is 0 Å². The van der Waals surface area contributed by atoms with E-state index < -0.39 is 30.1 Å². The van der Waals surface area contributed by atoms with Gasteiger partial charge in [0.05, 0.1) is 91.5 Å². The number of nitrogens with zero attached hydrogens (tertiary/aromatic N) is 8. The minimum atomic E-state index is -3.93. The van der Waals surface area contributed by atoms with Gasteiger partial charge in [-0.1, -0.05) is 97.6 Å². The van der Waals surface area contributed by atoms with E-state index in [-0.39, 0.29) is 34.3 Å². The number of halogens is 3. The lowest BCUT2D eigenvalue weighted by Crippen LogP contribution is -2.32. The molecule has 0 fully saturated rings. The number of allylic oxidation sites excluding steroid dienone is 1. The summed E-state index contributed by atoms with van der Waals surface area (Å²) in [6.07, 6.45) is 8.36. The molecule has 0 amide bonds. The van der Waals surface area contributed by atoms with Crippen molar-refractivity contribution in [2.45, 2.75) is 41.2 Å². The number of anilines is 8. The van der Waals surface area contributed by atoms with Gasteiger partial charge in [-0.2, -0.15) is 0 Å². The van der Waals surface area contributed by atoms with Crippen LogP contribution in [0.5, 0.6) is 34.5 Å². The maximum absolute atomic E-state index is 13.9.